The third kappa shape index (κ3) is 6.88. The molecule has 0 aromatic carbocycles. The Morgan fingerprint density at radius 2 is 2.00 bits per heavy atom. The molecular weight excluding hydrogens is 196 g/mol. The number of hydrogen-bond acceptors (Lipinski definition) is 4. The van der Waals surface area contributed by atoms with Crippen molar-refractivity contribution in [2.75, 3.05) is 26.9 Å². The molecule has 0 atom stereocenters. The number of ether oxygens (including phenoxy) is 2. The van der Waals surface area contributed by atoms with Gasteiger partial charge in [-0.3, -0.25) is 0 Å². The minimum Gasteiger partial charge on any atom is -0.466 e. The maximum Gasteiger partial charge on any atom is 0.333 e. The van der Waals surface area contributed by atoms with Crippen LogP contribution < -0.4 is 0 Å². The molecule has 0 fully saturated rings. The molecule has 0 unspecified atom stereocenters. The van der Waals surface area contributed by atoms with Gasteiger partial charge < -0.3 is 14.6 Å². The van der Waals surface area contributed by atoms with E-state index < -0.39 is 0 Å². The van der Waals surface area contributed by atoms with Crippen molar-refractivity contribution in [2.45, 2.75) is 13.8 Å². The van der Waals surface area contributed by atoms with Gasteiger partial charge in [0.2, 0.25) is 0 Å². The molecule has 0 bridgehead atoms. The first-order chi connectivity index (χ1) is 7.11. The van der Waals surface area contributed by atoms with E-state index in [1.165, 1.54) is 7.11 Å². The molecule has 0 aliphatic carbocycles. The standard InChI is InChI=1S/C11H18O4/c1-9(8-15-7-6-12)4-5-10(2)11(13)14-3/h4-5,12H,6-8H2,1-3H3. The van der Waals surface area contributed by atoms with Crippen LogP contribution in [0.2, 0.25) is 0 Å². The van der Waals surface area contributed by atoms with E-state index in [0.717, 1.165) is 5.57 Å². The van der Waals surface area contributed by atoms with Crippen LogP contribution in [-0.2, 0) is 14.3 Å². The van der Waals surface area contributed by atoms with Gasteiger partial charge >= 0.3 is 5.97 Å². The fourth-order valence-electron chi connectivity index (χ4n) is 0.842. The summed E-state index contributed by atoms with van der Waals surface area (Å²) in [5.74, 6) is -0.338. The largest absolute Gasteiger partial charge is 0.466 e. The van der Waals surface area contributed by atoms with Crippen molar-refractivity contribution in [3.05, 3.63) is 23.3 Å². The summed E-state index contributed by atoms with van der Waals surface area (Å²) in [5.41, 5.74) is 1.52. The lowest BCUT2D eigenvalue weighted by molar-refractivity contribution is -0.136. The number of esters is 1. The topological polar surface area (TPSA) is 55.8 Å². The molecule has 0 saturated heterocycles. The Balaban J connectivity index is 4.07. The van der Waals surface area contributed by atoms with Gasteiger partial charge in [-0.05, 0) is 19.4 Å². The average Bonchev–Trinajstić information content (AvgIpc) is 2.25. The van der Waals surface area contributed by atoms with E-state index in [2.05, 4.69) is 4.74 Å². The van der Waals surface area contributed by atoms with Crippen LogP contribution in [0.25, 0.3) is 0 Å². The van der Waals surface area contributed by atoms with Crippen molar-refractivity contribution in [3.63, 3.8) is 0 Å². The number of carbonyl (C=O) groups excluding carboxylic acids is 1. The maximum atomic E-state index is 11.0. The van der Waals surface area contributed by atoms with Crippen LogP contribution in [0.15, 0.2) is 23.3 Å². The fraction of sp³-hybridized carbons (Fsp3) is 0.545. The summed E-state index contributed by atoms with van der Waals surface area (Å²) in [6, 6.07) is 0. The summed E-state index contributed by atoms with van der Waals surface area (Å²) in [7, 11) is 1.35. The molecule has 0 aromatic heterocycles. The summed E-state index contributed by atoms with van der Waals surface area (Å²) >= 11 is 0. The van der Waals surface area contributed by atoms with E-state index in [0.29, 0.717) is 18.8 Å². The monoisotopic (exact) mass is 214 g/mol. The highest BCUT2D eigenvalue weighted by molar-refractivity contribution is 5.87. The average molecular weight is 214 g/mol. The molecule has 0 aromatic rings. The number of rotatable bonds is 6. The predicted octanol–water partition coefficient (Wildman–Crippen LogP) is 1.06. The third-order valence-corrected chi connectivity index (χ3v) is 1.69. The first-order valence-electron chi connectivity index (χ1n) is 4.72. The zero-order chi connectivity index (χ0) is 11.7. The minimum absolute atomic E-state index is 0.0182. The zero-order valence-corrected chi connectivity index (χ0v) is 9.45. The van der Waals surface area contributed by atoms with Crippen molar-refractivity contribution in [2.24, 2.45) is 0 Å². The second-order valence-corrected chi connectivity index (χ2v) is 3.13. The second-order valence-electron chi connectivity index (χ2n) is 3.13. The van der Waals surface area contributed by atoms with Crippen molar-refractivity contribution in [1.29, 1.82) is 0 Å². The molecule has 0 spiro atoms. The van der Waals surface area contributed by atoms with Gasteiger partial charge in [-0.15, -0.1) is 0 Å². The SMILES string of the molecule is COC(=O)C(C)=CC=C(C)COCCO. The highest BCUT2D eigenvalue weighted by atomic mass is 16.5. The molecule has 4 nitrogen and oxygen atoms in total. The lowest BCUT2D eigenvalue weighted by atomic mass is 10.2. The van der Waals surface area contributed by atoms with E-state index in [4.69, 9.17) is 9.84 Å². The van der Waals surface area contributed by atoms with Gasteiger partial charge in [0.15, 0.2) is 0 Å². The van der Waals surface area contributed by atoms with Crippen molar-refractivity contribution < 1.29 is 19.4 Å². The molecule has 0 radical (unpaired) electrons. The quantitative estimate of drug-likeness (QED) is 0.311. The normalized spacial score (nSPS) is 12.8. The number of methoxy groups -OCH3 is 1. The van der Waals surface area contributed by atoms with E-state index in [9.17, 15) is 4.79 Å². The highest BCUT2D eigenvalue weighted by Gasteiger charge is 2.00. The molecule has 0 amide bonds. The van der Waals surface area contributed by atoms with E-state index in [-0.39, 0.29) is 12.6 Å². The van der Waals surface area contributed by atoms with Gasteiger partial charge in [0, 0.05) is 5.57 Å². The lowest BCUT2D eigenvalue weighted by Gasteiger charge is -2.01. The van der Waals surface area contributed by atoms with Gasteiger partial charge in [0.05, 0.1) is 26.9 Å². The van der Waals surface area contributed by atoms with Gasteiger partial charge in [-0.25, -0.2) is 4.79 Å². The summed E-state index contributed by atoms with van der Waals surface area (Å²) in [5, 5.41) is 8.48. The zero-order valence-electron chi connectivity index (χ0n) is 9.45. The highest BCUT2D eigenvalue weighted by Crippen LogP contribution is 2.00. The number of carbonyl (C=O) groups is 1. The number of allylic oxidation sites excluding steroid dienone is 2. The molecule has 0 aliphatic rings. The Kier molecular flexibility index (Phi) is 7.58. The number of aliphatic hydroxyl groups is 1. The van der Waals surface area contributed by atoms with E-state index in [1.54, 1.807) is 19.1 Å². The van der Waals surface area contributed by atoms with Crippen LogP contribution in [0.3, 0.4) is 0 Å². The predicted molar refractivity (Wildman–Crippen MR) is 57.4 cm³/mol. The van der Waals surface area contributed by atoms with Crippen LogP contribution in [0.1, 0.15) is 13.8 Å². The molecule has 4 heteroatoms. The van der Waals surface area contributed by atoms with Crippen LogP contribution >= 0.6 is 0 Å². The van der Waals surface area contributed by atoms with Crippen molar-refractivity contribution >= 4 is 5.97 Å². The number of aliphatic hydroxyl groups excluding tert-OH is 1. The van der Waals surface area contributed by atoms with E-state index >= 15 is 0 Å². The summed E-state index contributed by atoms with van der Waals surface area (Å²) in [6.07, 6.45) is 3.48. The molecule has 15 heavy (non-hydrogen) atoms. The van der Waals surface area contributed by atoms with Crippen LogP contribution in [0.4, 0.5) is 0 Å². The molecular formula is C11H18O4. The molecule has 0 rings (SSSR count). The Hall–Kier alpha value is -1.13. The Morgan fingerprint density at radius 3 is 2.53 bits per heavy atom. The first kappa shape index (κ1) is 13.9. The summed E-state index contributed by atoms with van der Waals surface area (Å²) in [6.45, 7) is 4.36. The van der Waals surface area contributed by atoms with E-state index in [1.807, 2.05) is 6.92 Å². The number of hydrogen-bond donors (Lipinski definition) is 1. The maximum absolute atomic E-state index is 11.0. The molecule has 0 aliphatic heterocycles. The van der Waals surface area contributed by atoms with Crippen LogP contribution in [0.5, 0.6) is 0 Å². The van der Waals surface area contributed by atoms with Crippen molar-refractivity contribution in [3.8, 4) is 0 Å². The first-order valence-corrected chi connectivity index (χ1v) is 4.72. The van der Waals surface area contributed by atoms with Crippen LogP contribution in [-0.4, -0.2) is 38.0 Å². The van der Waals surface area contributed by atoms with Gasteiger partial charge in [-0.2, -0.15) is 0 Å². The van der Waals surface area contributed by atoms with Gasteiger partial charge in [0.25, 0.3) is 0 Å². The Morgan fingerprint density at radius 1 is 1.33 bits per heavy atom. The molecule has 0 saturated carbocycles. The third-order valence-electron chi connectivity index (χ3n) is 1.69. The van der Waals surface area contributed by atoms with Gasteiger partial charge in [-0.1, -0.05) is 12.2 Å². The fourth-order valence-corrected chi connectivity index (χ4v) is 0.842. The second kappa shape index (κ2) is 8.20. The molecule has 1 N–H and O–H groups in total. The lowest BCUT2D eigenvalue weighted by Crippen LogP contribution is -2.02. The minimum atomic E-state index is -0.338. The Labute approximate surface area is 90.2 Å². The summed E-state index contributed by atoms with van der Waals surface area (Å²) in [4.78, 5) is 11.0. The smallest absolute Gasteiger partial charge is 0.333 e. The molecule has 86 valence electrons. The summed E-state index contributed by atoms with van der Waals surface area (Å²) < 4.78 is 9.64. The molecule has 0 heterocycles. The van der Waals surface area contributed by atoms with Gasteiger partial charge in [0.1, 0.15) is 0 Å². The Bertz CT molecular complexity index is 253. The van der Waals surface area contributed by atoms with Crippen LogP contribution in [0, 0.1) is 0 Å². The van der Waals surface area contributed by atoms with Crippen molar-refractivity contribution in [1.82, 2.24) is 0 Å².